The summed E-state index contributed by atoms with van der Waals surface area (Å²) in [5, 5.41) is 64.2. The Kier molecular flexibility index (Phi) is 20.9. The molecule has 19 heteroatoms. The molecule has 78 heavy (non-hydrogen) atoms. The van der Waals surface area contributed by atoms with Crippen LogP contribution in [0.4, 0.5) is 0 Å². The van der Waals surface area contributed by atoms with Gasteiger partial charge in [0, 0.05) is 92.9 Å². The van der Waals surface area contributed by atoms with E-state index in [0.717, 1.165) is 36.2 Å². The average molecular weight is 1140 g/mol. The molecule has 7 rings (SSSR count). The highest BCUT2D eigenvalue weighted by Crippen LogP contribution is 2.52. The molecule has 0 spiro atoms. The predicted molar refractivity (Wildman–Crippen MR) is 304 cm³/mol. The van der Waals surface area contributed by atoms with Gasteiger partial charge in [-0.2, -0.15) is 0 Å². The first kappa shape index (κ1) is 62.6. The molecule has 0 radical (unpaired) electrons. The van der Waals surface area contributed by atoms with E-state index in [0.29, 0.717) is 37.5 Å². The summed E-state index contributed by atoms with van der Waals surface area (Å²) in [6.07, 6.45) is -5.34. The fraction of sp³-hybridized carbons (Fsp3) is 0.661. The Labute approximate surface area is 475 Å². The molecule has 434 valence electrons. The highest BCUT2D eigenvalue weighted by Gasteiger charge is 2.53. The lowest BCUT2D eigenvalue weighted by Gasteiger charge is -2.48. The van der Waals surface area contributed by atoms with Crippen molar-refractivity contribution in [3.63, 3.8) is 0 Å². The van der Waals surface area contributed by atoms with Gasteiger partial charge in [0.15, 0.2) is 12.6 Å². The lowest BCUT2D eigenvalue weighted by Crippen LogP contribution is -2.60. The number of cyclic esters (lactones) is 1. The van der Waals surface area contributed by atoms with E-state index < -0.39 is 96.0 Å². The molecule has 2 aromatic carbocycles. The number of hydrogen-bond acceptors (Lipinski definition) is 17. The number of amides is 1. The monoisotopic (exact) mass is 1140 g/mol. The number of nitrogens with one attached hydrogen (secondary N) is 1. The molecule has 18 atom stereocenters. The Balaban J connectivity index is 1.14. The Hall–Kier alpha value is -3.02. The minimum Gasteiger partial charge on any atom is -0.459 e. The molecule has 5 heterocycles. The standard InChI is InChI=1S/C59H86ClN3O13S2/c1-14-46-59(10,70)52(66)36(6)63(25-17-24-61-47(64)23-21-39-28-42-40-18-15-16-19-44(40)78-45-27-38(60)20-22-41(45)51(42)77-39)31-32(2)29-57(8,69)54(76-56-49(65)43(62(11)12)26-33(3)72-56)34(4)50(35(5)55(68)74-46)75-48-30-58(9,71-13)53(67)37(7)73-48/h15-16,18-23,27-28,32-37,43,46,48-50,52-54,56,65-67,69-70H,14,17,24-26,29-31H2,1-13H3,(H,61,64)/b23-21+/t32-,33-,34+,35-,36-,37-,43+,46-,48-,49-,50+,52-,53+,54-,56+,57-,58-,59-/m1/s1. The van der Waals surface area contributed by atoms with E-state index in [1.807, 2.05) is 88.0 Å². The van der Waals surface area contributed by atoms with Crippen molar-refractivity contribution in [3.8, 4) is 21.6 Å². The second-order valence-electron chi connectivity index (χ2n) is 23.3. The number of aliphatic hydroxyl groups is 5. The van der Waals surface area contributed by atoms with Crippen molar-refractivity contribution >= 4 is 52.7 Å². The SMILES string of the molecule is CC[C@H]1OC(=O)[C@H](C)[C@@H](O[C@@H]2C[C@@](C)(OC)[C@@H](O)[C@@H](C)O2)[C@H](C)[C@@H](O[C@@H]2O[C@H](C)C[C@H](N(C)C)[C@H]2O)[C@](C)(O)C[C@@H](C)CN(CCCNC(=O)/C=C/c2cc3c(s2)-c2ccc(Cl)cc2Sc2ccccc2-3)[C@H](C)[C@@H](O)[C@]1(C)O. The maximum absolute atomic E-state index is 14.7. The van der Waals surface area contributed by atoms with E-state index in [1.54, 1.807) is 57.7 Å². The van der Waals surface area contributed by atoms with E-state index in [2.05, 4.69) is 23.5 Å². The van der Waals surface area contributed by atoms with Gasteiger partial charge in [-0.05, 0) is 130 Å². The largest absolute Gasteiger partial charge is 0.459 e. The van der Waals surface area contributed by atoms with Crippen molar-refractivity contribution in [3.05, 3.63) is 64.5 Å². The van der Waals surface area contributed by atoms with E-state index >= 15 is 0 Å². The van der Waals surface area contributed by atoms with Crippen LogP contribution in [0.5, 0.6) is 0 Å². The molecule has 6 N–H and O–H groups in total. The molecule has 16 nitrogen and oxygen atoms in total. The summed E-state index contributed by atoms with van der Waals surface area (Å²) in [5.41, 5.74) is -1.38. The zero-order valence-electron chi connectivity index (χ0n) is 47.7. The minimum absolute atomic E-state index is 0.0937. The van der Waals surface area contributed by atoms with Crippen molar-refractivity contribution in [2.75, 3.05) is 40.8 Å². The van der Waals surface area contributed by atoms with Crippen LogP contribution in [0.3, 0.4) is 0 Å². The van der Waals surface area contributed by atoms with E-state index in [-0.39, 0.29) is 43.2 Å². The molecule has 0 unspecified atom stereocenters. The third-order valence-electron chi connectivity index (χ3n) is 16.7. The fourth-order valence-corrected chi connectivity index (χ4v) is 14.7. The van der Waals surface area contributed by atoms with Crippen LogP contribution in [0.2, 0.25) is 5.02 Å². The lowest BCUT2D eigenvalue weighted by atomic mass is 9.77. The Bertz CT molecular complexity index is 2550. The van der Waals surface area contributed by atoms with Crippen LogP contribution in [0.15, 0.2) is 64.4 Å². The van der Waals surface area contributed by atoms with E-state index in [4.69, 9.17) is 40.0 Å². The number of likely N-dealkylation sites (N-methyl/N-ethyl adjacent to an activating group) is 1. The van der Waals surface area contributed by atoms with Gasteiger partial charge >= 0.3 is 5.97 Å². The van der Waals surface area contributed by atoms with Crippen molar-refractivity contribution < 1.29 is 63.5 Å². The van der Waals surface area contributed by atoms with Crippen LogP contribution >= 0.6 is 34.7 Å². The normalized spacial score (nSPS) is 37.4. The summed E-state index contributed by atoms with van der Waals surface area (Å²) in [7, 11) is 5.26. The van der Waals surface area contributed by atoms with Crippen LogP contribution in [0, 0.1) is 17.8 Å². The van der Waals surface area contributed by atoms with Gasteiger partial charge < -0.3 is 64.2 Å². The Morgan fingerprint density at radius 2 is 1.65 bits per heavy atom. The summed E-state index contributed by atoms with van der Waals surface area (Å²) in [5.74, 6) is -3.19. The second-order valence-corrected chi connectivity index (χ2v) is 25.9. The van der Waals surface area contributed by atoms with Crippen molar-refractivity contribution in [2.45, 2.75) is 201 Å². The Morgan fingerprint density at radius 3 is 2.35 bits per heavy atom. The summed E-state index contributed by atoms with van der Waals surface area (Å²) < 4.78 is 38.3. The van der Waals surface area contributed by atoms with Gasteiger partial charge in [0.1, 0.15) is 30.0 Å². The molecule has 3 saturated heterocycles. The number of fused-ring (bicyclic) bond motifs is 5. The smallest absolute Gasteiger partial charge is 0.311 e. The van der Waals surface area contributed by atoms with Crippen LogP contribution in [0.1, 0.15) is 106 Å². The van der Waals surface area contributed by atoms with Crippen LogP contribution in [-0.2, 0) is 38.0 Å². The van der Waals surface area contributed by atoms with E-state index in [1.165, 1.54) is 20.1 Å². The highest BCUT2D eigenvalue weighted by molar-refractivity contribution is 7.99. The zero-order chi connectivity index (χ0) is 57.2. The summed E-state index contributed by atoms with van der Waals surface area (Å²) in [6.45, 7) is 18.6. The number of thiophene rings is 1. The third kappa shape index (κ3) is 14.1. The molecule has 3 aromatic rings. The number of carbonyl (C=O) groups is 2. The number of aliphatic hydroxyl groups excluding tert-OH is 3. The molecule has 4 aliphatic heterocycles. The summed E-state index contributed by atoms with van der Waals surface area (Å²) in [6, 6.07) is 15.3. The molecule has 0 saturated carbocycles. The highest BCUT2D eigenvalue weighted by atomic mass is 35.5. The first-order chi connectivity index (χ1) is 36.7. The molecular formula is C59H86ClN3O13S2. The molecule has 1 aromatic heterocycles. The van der Waals surface area contributed by atoms with Crippen LogP contribution < -0.4 is 5.32 Å². The maximum Gasteiger partial charge on any atom is 0.311 e. The van der Waals surface area contributed by atoms with Gasteiger partial charge in [0.05, 0.1) is 41.5 Å². The number of esters is 1. The van der Waals surface area contributed by atoms with Gasteiger partial charge in [0.25, 0.3) is 0 Å². The molecular weight excluding hydrogens is 1060 g/mol. The van der Waals surface area contributed by atoms with Gasteiger partial charge in [-0.3, -0.25) is 14.5 Å². The molecule has 0 bridgehead atoms. The van der Waals surface area contributed by atoms with Gasteiger partial charge in [-0.1, -0.05) is 68.4 Å². The number of rotatable bonds is 13. The maximum atomic E-state index is 14.7. The van der Waals surface area contributed by atoms with Gasteiger partial charge in [-0.15, -0.1) is 11.3 Å². The Morgan fingerprint density at radius 1 is 0.936 bits per heavy atom. The zero-order valence-corrected chi connectivity index (χ0v) is 50.1. The molecule has 3 fully saturated rings. The number of methoxy groups -OCH3 is 1. The first-order valence-corrected chi connectivity index (χ1v) is 29.6. The van der Waals surface area contributed by atoms with Crippen molar-refractivity contribution in [1.29, 1.82) is 0 Å². The molecule has 0 aliphatic carbocycles. The molecule has 1 amide bonds. The van der Waals surface area contributed by atoms with Gasteiger partial charge in [0.2, 0.25) is 5.91 Å². The first-order valence-electron chi connectivity index (χ1n) is 27.6. The lowest BCUT2D eigenvalue weighted by molar-refractivity contribution is -0.318. The number of benzene rings is 2. The number of halogens is 1. The van der Waals surface area contributed by atoms with Crippen molar-refractivity contribution in [1.82, 2.24) is 15.1 Å². The van der Waals surface area contributed by atoms with Crippen molar-refractivity contribution in [2.24, 2.45) is 17.8 Å². The topological polar surface area (TPSA) is 209 Å². The summed E-state index contributed by atoms with van der Waals surface area (Å²) in [4.78, 5) is 36.3. The second kappa shape index (κ2) is 26.1. The summed E-state index contributed by atoms with van der Waals surface area (Å²) >= 11 is 9.74. The third-order valence-corrected chi connectivity index (χ3v) is 19.2. The molecule has 4 aliphatic rings. The minimum atomic E-state index is -1.94. The van der Waals surface area contributed by atoms with E-state index in [9.17, 15) is 35.1 Å². The quantitative estimate of drug-likeness (QED) is 0.0426. The number of carbonyl (C=O) groups excluding carboxylic acids is 2. The number of hydrogen-bond donors (Lipinski definition) is 6. The van der Waals surface area contributed by atoms with Crippen LogP contribution in [0.25, 0.3) is 27.6 Å². The fourth-order valence-electron chi connectivity index (χ4n) is 12.2. The predicted octanol–water partition coefficient (Wildman–Crippen LogP) is 8.00. The number of nitrogens with zero attached hydrogens (tertiary/aromatic N) is 2. The average Bonchev–Trinajstić information content (AvgIpc) is 3.84. The van der Waals surface area contributed by atoms with Crippen LogP contribution in [-0.4, -0.2) is 178 Å². The van der Waals surface area contributed by atoms with Gasteiger partial charge in [-0.25, -0.2) is 0 Å². The number of ether oxygens (including phenoxy) is 6.